The molecule has 2 aliphatic heterocycles. The zero-order valence-electron chi connectivity index (χ0n) is 46.8. The van der Waals surface area contributed by atoms with E-state index >= 15 is 0 Å². The van der Waals surface area contributed by atoms with Crippen molar-refractivity contribution in [2.24, 2.45) is 0 Å². The Hall–Kier alpha value is -2.31. The number of unbranched alkanes of at least 4 members (excludes halogenated alkanes) is 24. The number of ether oxygens (including phenoxy) is 4. The lowest BCUT2D eigenvalue weighted by molar-refractivity contribution is -0.359. The summed E-state index contributed by atoms with van der Waals surface area (Å²) in [6.07, 6.45) is 42.4. The molecule has 0 aliphatic carbocycles. The lowest BCUT2D eigenvalue weighted by atomic mass is 9.97. The number of allylic oxidation sites excluding steroid dienone is 10. The van der Waals surface area contributed by atoms with Crippen molar-refractivity contribution in [2.45, 2.75) is 299 Å². The van der Waals surface area contributed by atoms with E-state index in [0.717, 1.165) is 83.5 Å². The van der Waals surface area contributed by atoms with E-state index in [4.69, 9.17) is 18.9 Å². The largest absolute Gasteiger partial charge is 0.394 e. The fourth-order valence-corrected chi connectivity index (χ4v) is 9.68. The number of aliphatic hydroxyl groups is 8. The number of nitrogens with one attached hydrogen (secondary N) is 1. The highest BCUT2D eigenvalue weighted by molar-refractivity contribution is 5.76. The number of hydrogen-bond acceptors (Lipinski definition) is 13. The molecule has 9 N–H and O–H groups in total. The van der Waals surface area contributed by atoms with Gasteiger partial charge in [-0.2, -0.15) is 0 Å². The van der Waals surface area contributed by atoms with Crippen LogP contribution in [0.1, 0.15) is 226 Å². The van der Waals surface area contributed by atoms with Crippen molar-refractivity contribution in [1.29, 1.82) is 0 Å². The zero-order chi connectivity index (χ0) is 54.6. The highest BCUT2D eigenvalue weighted by atomic mass is 16.7. The molecule has 12 unspecified atom stereocenters. The normalized spacial score (nSPS) is 25.5. The van der Waals surface area contributed by atoms with Crippen LogP contribution in [0.3, 0.4) is 0 Å². The lowest BCUT2D eigenvalue weighted by Crippen LogP contribution is -2.65. The van der Waals surface area contributed by atoms with Crippen LogP contribution >= 0.6 is 0 Å². The van der Waals surface area contributed by atoms with Crippen LogP contribution in [-0.2, 0) is 23.7 Å². The van der Waals surface area contributed by atoms with Crippen LogP contribution in [0.2, 0.25) is 0 Å². The third kappa shape index (κ3) is 32.4. The Morgan fingerprint density at radius 2 is 0.920 bits per heavy atom. The van der Waals surface area contributed by atoms with Crippen LogP contribution in [0.4, 0.5) is 0 Å². The van der Waals surface area contributed by atoms with Crippen molar-refractivity contribution in [3.8, 4) is 0 Å². The number of carbonyl (C=O) groups excluding carboxylic acids is 1. The summed E-state index contributed by atoms with van der Waals surface area (Å²) in [6.45, 7) is 2.72. The molecule has 0 spiro atoms. The smallest absolute Gasteiger partial charge is 0.220 e. The molecule has 0 radical (unpaired) electrons. The lowest BCUT2D eigenvalue weighted by Gasteiger charge is -2.46. The van der Waals surface area contributed by atoms with Crippen molar-refractivity contribution in [3.05, 3.63) is 60.8 Å². The van der Waals surface area contributed by atoms with Crippen LogP contribution in [0, 0.1) is 0 Å². The molecule has 2 aliphatic rings. The summed E-state index contributed by atoms with van der Waals surface area (Å²) in [6, 6.07) is -0.828. The molecule has 14 heteroatoms. The van der Waals surface area contributed by atoms with E-state index in [0.29, 0.717) is 12.8 Å². The standard InChI is InChI=1S/C61H109NO13/c1-3-5-7-9-11-13-15-16-17-18-19-20-21-22-23-24-25-26-27-28-29-30-31-32-33-34-35-37-39-41-43-45-53(66)62-49(50(65)44-42-40-38-36-14-12-10-8-6-4-2)48-72-60-58(71)56(69)59(52(47-64)74-60)75-61-57(70)55(68)54(67)51(46-63)73-61/h5,7,11,13,16-17,19-20,22-23,49-52,54-61,63-65,67-71H,3-4,6,8-10,12,14-15,18,21,24-48H2,1-2H3,(H,62,66)/b7-5-,13-11-,17-16-,20-19-,23-22-. The minimum Gasteiger partial charge on any atom is -0.394 e. The molecule has 0 bridgehead atoms. The number of aliphatic hydroxyl groups excluding tert-OH is 8. The molecule has 12 atom stereocenters. The maximum Gasteiger partial charge on any atom is 0.220 e. The second-order valence-corrected chi connectivity index (χ2v) is 21.1. The average molecular weight is 1060 g/mol. The summed E-state index contributed by atoms with van der Waals surface area (Å²) in [4.78, 5) is 13.2. The molecular formula is C61H109NO13. The second kappa shape index (κ2) is 46.6. The van der Waals surface area contributed by atoms with Gasteiger partial charge in [0.2, 0.25) is 5.91 Å². The first kappa shape index (κ1) is 68.8. The molecule has 2 heterocycles. The van der Waals surface area contributed by atoms with Gasteiger partial charge in [-0.15, -0.1) is 0 Å². The fraction of sp³-hybridized carbons (Fsp3) is 0.820. The van der Waals surface area contributed by atoms with Gasteiger partial charge >= 0.3 is 0 Å². The molecule has 0 aromatic rings. The Bertz CT molecular complexity index is 1490. The first-order valence-corrected chi connectivity index (χ1v) is 30.0. The summed E-state index contributed by atoms with van der Waals surface area (Å²) in [7, 11) is 0. The maximum atomic E-state index is 13.2. The Morgan fingerprint density at radius 1 is 0.493 bits per heavy atom. The van der Waals surface area contributed by atoms with E-state index in [1.807, 2.05) is 0 Å². The second-order valence-electron chi connectivity index (χ2n) is 21.1. The highest BCUT2D eigenvalue weighted by Crippen LogP contribution is 2.30. The molecule has 0 aromatic carbocycles. The number of rotatable bonds is 47. The predicted octanol–water partition coefficient (Wildman–Crippen LogP) is 10.2. The fourth-order valence-electron chi connectivity index (χ4n) is 9.68. The number of amides is 1. The van der Waals surface area contributed by atoms with E-state index < -0.39 is 86.8 Å². The molecule has 2 fully saturated rings. The molecule has 1 amide bonds. The molecule has 436 valence electrons. The topological polar surface area (TPSA) is 228 Å². The summed E-state index contributed by atoms with van der Waals surface area (Å²) in [5.74, 6) is -0.210. The zero-order valence-corrected chi connectivity index (χ0v) is 46.8. The van der Waals surface area contributed by atoms with Gasteiger partial charge in [-0.3, -0.25) is 4.79 Å². The van der Waals surface area contributed by atoms with Crippen molar-refractivity contribution in [2.75, 3.05) is 19.8 Å². The maximum absolute atomic E-state index is 13.2. The number of carbonyl (C=O) groups is 1. The summed E-state index contributed by atoms with van der Waals surface area (Å²) >= 11 is 0. The van der Waals surface area contributed by atoms with Gasteiger partial charge in [-0.25, -0.2) is 0 Å². The van der Waals surface area contributed by atoms with E-state index in [1.165, 1.54) is 116 Å². The van der Waals surface area contributed by atoms with Crippen LogP contribution < -0.4 is 5.32 Å². The quantitative estimate of drug-likeness (QED) is 0.0204. The van der Waals surface area contributed by atoms with E-state index in [1.54, 1.807) is 0 Å². The predicted molar refractivity (Wildman–Crippen MR) is 300 cm³/mol. The summed E-state index contributed by atoms with van der Waals surface area (Å²) in [5.41, 5.74) is 0. The van der Waals surface area contributed by atoms with Crippen molar-refractivity contribution in [3.63, 3.8) is 0 Å². The van der Waals surface area contributed by atoms with Gasteiger partial charge in [-0.1, -0.05) is 222 Å². The first-order valence-electron chi connectivity index (χ1n) is 30.0. The van der Waals surface area contributed by atoms with Crippen LogP contribution in [0.15, 0.2) is 60.8 Å². The van der Waals surface area contributed by atoms with Crippen molar-refractivity contribution < 1.29 is 64.6 Å². The van der Waals surface area contributed by atoms with Gasteiger partial charge in [0.05, 0.1) is 32.0 Å². The Balaban J connectivity index is 1.63. The van der Waals surface area contributed by atoms with Crippen LogP contribution in [0.25, 0.3) is 0 Å². The molecule has 2 rings (SSSR count). The Morgan fingerprint density at radius 3 is 1.41 bits per heavy atom. The van der Waals surface area contributed by atoms with Crippen molar-refractivity contribution in [1.82, 2.24) is 5.32 Å². The van der Waals surface area contributed by atoms with Gasteiger partial charge in [0.25, 0.3) is 0 Å². The Kier molecular flexibility index (Phi) is 42.7. The van der Waals surface area contributed by atoms with Gasteiger partial charge in [0.1, 0.15) is 48.8 Å². The minimum absolute atomic E-state index is 0.210. The van der Waals surface area contributed by atoms with Crippen LogP contribution in [0.5, 0.6) is 0 Å². The van der Waals surface area contributed by atoms with Crippen molar-refractivity contribution >= 4 is 5.91 Å². The minimum atomic E-state index is -1.78. The summed E-state index contributed by atoms with van der Waals surface area (Å²) in [5, 5.41) is 87.0. The van der Waals surface area contributed by atoms with E-state index in [2.05, 4.69) is 79.9 Å². The number of hydrogen-bond donors (Lipinski definition) is 9. The third-order valence-corrected chi connectivity index (χ3v) is 14.5. The average Bonchev–Trinajstić information content (AvgIpc) is 3.41. The molecule has 14 nitrogen and oxygen atoms in total. The monoisotopic (exact) mass is 1060 g/mol. The molecule has 75 heavy (non-hydrogen) atoms. The molecule has 0 aromatic heterocycles. The molecule has 0 saturated carbocycles. The van der Waals surface area contributed by atoms with Crippen LogP contribution in [-0.4, -0.2) is 140 Å². The molecule has 2 saturated heterocycles. The first-order chi connectivity index (χ1) is 36.6. The highest BCUT2D eigenvalue weighted by Gasteiger charge is 2.51. The van der Waals surface area contributed by atoms with E-state index in [9.17, 15) is 45.6 Å². The van der Waals surface area contributed by atoms with Gasteiger partial charge in [0, 0.05) is 6.42 Å². The SMILES string of the molecule is CC/C=C\C/C=C\C/C=C\C/C=C\C/C=C\CCCCCCCCCCCCCCCCCC(=O)NC(COC1OC(CO)C(OC2OC(CO)C(O)C(O)C2O)C(O)C1O)C(O)CCCCCCCCCCCC. The third-order valence-electron chi connectivity index (χ3n) is 14.5. The van der Waals surface area contributed by atoms with Gasteiger partial charge < -0.3 is 65.1 Å². The van der Waals surface area contributed by atoms with Gasteiger partial charge in [-0.05, 0) is 57.8 Å². The van der Waals surface area contributed by atoms with Gasteiger partial charge in [0.15, 0.2) is 12.6 Å². The Labute approximate surface area is 454 Å². The summed E-state index contributed by atoms with van der Waals surface area (Å²) < 4.78 is 22.8. The molecular weight excluding hydrogens is 955 g/mol. The van der Waals surface area contributed by atoms with E-state index in [-0.39, 0.29) is 12.5 Å².